The number of hydrogen-bond donors (Lipinski definition) is 3. The van der Waals surface area contributed by atoms with Gasteiger partial charge in [0, 0.05) is 5.56 Å². The number of carboxylic acids is 1. The second kappa shape index (κ2) is 3.28. The summed E-state index contributed by atoms with van der Waals surface area (Å²) in [4.78, 5) is 11.1. The van der Waals surface area contributed by atoms with Crippen LogP contribution in [0.4, 0.5) is 0 Å². The molecule has 1 aromatic rings. The predicted molar refractivity (Wildman–Crippen MR) is 58.1 cm³/mol. The van der Waals surface area contributed by atoms with Crippen LogP contribution in [0.2, 0.25) is 5.02 Å². The Morgan fingerprint density at radius 3 is 2.38 bits per heavy atom. The molecule has 0 radical (unpaired) electrons. The Hall–Kier alpha value is -1.42. The van der Waals surface area contributed by atoms with Gasteiger partial charge in [0.25, 0.3) is 0 Å². The highest BCUT2D eigenvalue weighted by Gasteiger charge is 2.53. The number of hydrogen-bond acceptors (Lipinski definition) is 3. The maximum absolute atomic E-state index is 11.1. The van der Waals surface area contributed by atoms with Crippen molar-refractivity contribution < 1.29 is 20.1 Å². The van der Waals surface area contributed by atoms with E-state index < -0.39 is 11.4 Å². The number of aryl methyl sites for hydroxylation is 1. The van der Waals surface area contributed by atoms with Crippen LogP contribution < -0.4 is 0 Å². The summed E-state index contributed by atoms with van der Waals surface area (Å²) >= 11 is 5.73. The first-order valence-corrected chi connectivity index (χ1v) is 5.23. The number of rotatable bonds is 2. The van der Waals surface area contributed by atoms with Gasteiger partial charge in [-0.25, -0.2) is 0 Å². The minimum absolute atomic E-state index is 0.178. The Kier molecular flexibility index (Phi) is 2.27. The number of carbonyl (C=O) groups is 1. The molecule has 16 heavy (non-hydrogen) atoms. The smallest absolute Gasteiger partial charge is 0.314 e. The number of benzene rings is 1. The van der Waals surface area contributed by atoms with Gasteiger partial charge in [-0.05, 0) is 31.4 Å². The van der Waals surface area contributed by atoms with Crippen molar-refractivity contribution in [2.45, 2.75) is 25.2 Å². The molecule has 5 heteroatoms. The van der Waals surface area contributed by atoms with Gasteiger partial charge in [0.2, 0.25) is 0 Å². The van der Waals surface area contributed by atoms with E-state index in [1.54, 1.807) is 6.92 Å². The lowest BCUT2D eigenvalue weighted by Crippen LogP contribution is -2.19. The molecule has 0 aliphatic heterocycles. The molecule has 0 unspecified atom stereocenters. The third kappa shape index (κ3) is 1.33. The molecule has 3 N–H and O–H groups in total. The molecule has 1 fully saturated rings. The van der Waals surface area contributed by atoms with E-state index in [2.05, 4.69) is 0 Å². The summed E-state index contributed by atoms with van der Waals surface area (Å²) in [6.45, 7) is 1.61. The van der Waals surface area contributed by atoms with Gasteiger partial charge in [-0.15, -0.1) is 0 Å². The Balaban J connectivity index is 2.63. The summed E-state index contributed by atoms with van der Waals surface area (Å²) in [5.74, 6) is -1.50. The van der Waals surface area contributed by atoms with Crippen LogP contribution in [-0.4, -0.2) is 21.3 Å². The van der Waals surface area contributed by atoms with Crippen LogP contribution in [-0.2, 0) is 10.2 Å². The van der Waals surface area contributed by atoms with Crippen LogP contribution in [0.5, 0.6) is 11.5 Å². The van der Waals surface area contributed by atoms with Gasteiger partial charge < -0.3 is 15.3 Å². The normalized spacial score (nSPS) is 17.1. The highest BCUT2D eigenvalue weighted by atomic mass is 35.5. The van der Waals surface area contributed by atoms with Gasteiger partial charge in [0.15, 0.2) is 0 Å². The fourth-order valence-electron chi connectivity index (χ4n) is 1.84. The van der Waals surface area contributed by atoms with Gasteiger partial charge in [-0.3, -0.25) is 4.79 Å². The minimum atomic E-state index is -1.02. The molecule has 1 aliphatic rings. The number of phenolic OH excluding ortho intramolecular Hbond substituents is 2. The molecule has 0 heterocycles. The Morgan fingerprint density at radius 1 is 1.38 bits per heavy atom. The molecule has 0 bridgehead atoms. The summed E-state index contributed by atoms with van der Waals surface area (Å²) in [5, 5.41) is 28.2. The molecule has 2 rings (SSSR count). The topological polar surface area (TPSA) is 77.8 Å². The zero-order chi connectivity index (χ0) is 12.1. The largest absolute Gasteiger partial charge is 0.506 e. The van der Waals surface area contributed by atoms with E-state index >= 15 is 0 Å². The van der Waals surface area contributed by atoms with Crippen molar-refractivity contribution >= 4 is 17.6 Å². The Bertz CT molecular complexity index is 477. The van der Waals surface area contributed by atoms with Crippen molar-refractivity contribution in [1.82, 2.24) is 0 Å². The molecular formula is C11H11ClO4. The highest BCUT2D eigenvalue weighted by Crippen LogP contribution is 2.54. The lowest BCUT2D eigenvalue weighted by atomic mass is 9.93. The number of aliphatic carboxylic acids is 1. The molecule has 4 nitrogen and oxygen atoms in total. The van der Waals surface area contributed by atoms with Crippen LogP contribution in [0.1, 0.15) is 24.0 Å². The Morgan fingerprint density at radius 2 is 1.94 bits per heavy atom. The van der Waals surface area contributed by atoms with Gasteiger partial charge in [-0.1, -0.05) is 11.6 Å². The molecule has 0 aromatic heterocycles. The van der Waals surface area contributed by atoms with Crippen molar-refractivity contribution in [3.05, 3.63) is 22.2 Å². The van der Waals surface area contributed by atoms with E-state index in [1.807, 2.05) is 0 Å². The Labute approximate surface area is 97.1 Å². The third-order valence-electron chi connectivity index (χ3n) is 3.08. The monoisotopic (exact) mass is 242 g/mol. The third-order valence-corrected chi connectivity index (χ3v) is 3.44. The average molecular weight is 243 g/mol. The molecule has 0 spiro atoms. The van der Waals surface area contributed by atoms with Crippen LogP contribution in [0.3, 0.4) is 0 Å². The van der Waals surface area contributed by atoms with Crippen LogP contribution in [0.15, 0.2) is 6.07 Å². The lowest BCUT2D eigenvalue weighted by molar-refractivity contribution is -0.140. The fraction of sp³-hybridized carbons (Fsp3) is 0.364. The zero-order valence-corrected chi connectivity index (χ0v) is 9.38. The summed E-state index contributed by atoms with van der Waals surface area (Å²) in [7, 11) is 0. The van der Waals surface area contributed by atoms with Crippen molar-refractivity contribution in [3.63, 3.8) is 0 Å². The first-order chi connectivity index (χ1) is 7.40. The number of halogens is 1. The van der Waals surface area contributed by atoms with Crippen LogP contribution in [0.25, 0.3) is 0 Å². The molecule has 1 aromatic carbocycles. The standard InChI is InChI=1S/C11H11ClO4/c1-5-4-6(9(14)7(12)8(5)13)11(2-3-11)10(15)16/h4,13-14H,2-3H2,1H3,(H,15,16). The fourth-order valence-corrected chi connectivity index (χ4v) is 2.10. The van der Waals surface area contributed by atoms with E-state index in [4.69, 9.17) is 16.7 Å². The van der Waals surface area contributed by atoms with Crippen molar-refractivity contribution in [3.8, 4) is 11.5 Å². The lowest BCUT2D eigenvalue weighted by Gasteiger charge is -2.15. The number of aromatic hydroxyl groups is 2. The SMILES string of the molecule is Cc1cc(C2(C(=O)O)CC2)c(O)c(Cl)c1O. The quantitative estimate of drug-likeness (QED) is 0.743. The number of carboxylic acid groups (broad SMARTS) is 1. The molecule has 86 valence electrons. The van der Waals surface area contributed by atoms with Gasteiger partial charge in [0.1, 0.15) is 16.5 Å². The van der Waals surface area contributed by atoms with Crippen molar-refractivity contribution in [1.29, 1.82) is 0 Å². The first-order valence-electron chi connectivity index (χ1n) is 4.85. The molecule has 1 aliphatic carbocycles. The van der Waals surface area contributed by atoms with E-state index in [0.717, 1.165) is 0 Å². The van der Waals surface area contributed by atoms with E-state index in [-0.39, 0.29) is 16.5 Å². The maximum Gasteiger partial charge on any atom is 0.314 e. The molecular weight excluding hydrogens is 232 g/mol. The summed E-state index contributed by atoms with van der Waals surface area (Å²) in [6, 6.07) is 1.48. The predicted octanol–water partition coefficient (Wildman–Crippen LogP) is 2.18. The highest BCUT2D eigenvalue weighted by molar-refractivity contribution is 6.33. The van der Waals surface area contributed by atoms with E-state index in [9.17, 15) is 15.0 Å². The minimum Gasteiger partial charge on any atom is -0.506 e. The van der Waals surface area contributed by atoms with Gasteiger partial charge in [0.05, 0.1) is 5.41 Å². The van der Waals surface area contributed by atoms with Crippen LogP contribution >= 0.6 is 11.6 Å². The van der Waals surface area contributed by atoms with E-state index in [1.165, 1.54) is 6.07 Å². The van der Waals surface area contributed by atoms with Gasteiger partial charge in [-0.2, -0.15) is 0 Å². The number of phenols is 2. The van der Waals surface area contributed by atoms with Crippen molar-refractivity contribution in [2.24, 2.45) is 0 Å². The molecule has 0 atom stereocenters. The summed E-state index contributed by atoms with van der Waals surface area (Å²) in [6.07, 6.45) is 0.965. The van der Waals surface area contributed by atoms with Gasteiger partial charge >= 0.3 is 5.97 Å². The molecule has 0 saturated heterocycles. The summed E-state index contributed by atoms with van der Waals surface area (Å²) < 4.78 is 0. The van der Waals surface area contributed by atoms with Crippen molar-refractivity contribution in [2.75, 3.05) is 0 Å². The second-order valence-electron chi connectivity index (χ2n) is 4.14. The summed E-state index contributed by atoms with van der Waals surface area (Å²) in [5.41, 5.74) is -0.266. The maximum atomic E-state index is 11.1. The first kappa shape index (κ1) is 11.1. The van der Waals surface area contributed by atoms with Crippen LogP contribution in [0, 0.1) is 6.92 Å². The average Bonchev–Trinajstić information content (AvgIpc) is 3.01. The van der Waals surface area contributed by atoms with E-state index in [0.29, 0.717) is 24.0 Å². The molecule has 0 amide bonds. The molecule has 1 saturated carbocycles. The second-order valence-corrected chi connectivity index (χ2v) is 4.52. The zero-order valence-electron chi connectivity index (χ0n) is 8.62.